The lowest BCUT2D eigenvalue weighted by Gasteiger charge is -2.35. The van der Waals surface area contributed by atoms with Crippen molar-refractivity contribution in [2.24, 2.45) is 5.41 Å². The van der Waals surface area contributed by atoms with Crippen LogP contribution in [-0.2, 0) is 9.53 Å². The molecule has 0 saturated heterocycles. The molecule has 0 spiro atoms. The molecule has 2 amide bonds. The summed E-state index contributed by atoms with van der Waals surface area (Å²) in [6, 6.07) is 10.0. The smallest absolute Gasteiger partial charge is 0.408 e. The van der Waals surface area contributed by atoms with Crippen LogP contribution in [0.4, 0.5) is 9.18 Å². The molecule has 7 heteroatoms. The zero-order chi connectivity index (χ0) is 21.7. The van der Waals surface area contributed by atoms with Gasteiger partial charge in [0.2, 0.25) is 5.91 Å². The van der Waals surface area contributed by atoms with Crippen molar-refractivity contribution in [1.82, 2.24) is 10.6 Å². The van der Waals surface area contributed by atoms with E-state index >= 15 is 4.39 Å². The minimum absolute atomic E-state index is 0.237. The fourth-order valence-corrected chi connectivity index (χ4v) is 3.14. The van der Waals surface area contributed by atoms with E-state index < -0.39 is 35.2 Å². The van der Waals surface area contributed by atoms with Gasteiger partial charge in [-0.25, -0.2) is 9.18 Å². The first-order valence-corrected chi connectivity index (χ1v) is 9.33. The van der Waals surface area contributed by atoms with Gasteiger partial charge in [0.25, 0.3) is 0 Å². The van der Waals surface area contributed by atoms with E-state index in [9.17, 15) is 14.9 Å². The summed E-state index contributed by atoms with van der Waals surface area (Å²) in [5.41, 5.74) is -0.905. The van der Waals surface area contributed by atoms with Crippen molar-refractivity contribution in [3.63, 3.8) is 0 Å². The van der Waals surface area contributed by atoms with E-state index in [0.717, 1.165) is 5.56 Å². The van der Waals surface area contributed by atoms with Crippen LogP contribution in [0.25, 0.3) is 5.57 Å². The third kappa shape index (κ3) is 5.44. The Bertz CT molecular complexity index is 852. The molecule has 1 aliphatic carbocycles. The maximum atomic E-state index is 15.3. The molecule has 0 bridgehead atoms. The van der Waals surface area contributed by atoms with Crippen LogP contribution < -0.4 is 10.6 Å². The predicted octanol–water partition coefficient (Wildman–Crippen LogP) is 3.52. The van der Waals surface area contributed by atoms with Crippen molar-refractivity contribution in [3.05, 3.63) is 54.1 Å². The van der Waals surface area contributed by atoms with E-state index in [0.29, 0.717) is 5.57 Å². The number of allylic oxidation sites excluding steroid dienone is 3. The summed E-state index contributed by atoms with van der Waals surface area (Å²) >= 11 is 0. The van der Waals surface area contributed by atoms with E-state index in [1.807, 2.05) is 36.4 Å². The van der Waals surface area contributed by atoms with Crippen LogP contribution in [0.3, 0.4) is 0 Å². The number of alkyl halides is 1. The van der Waals surface area contributed by atoms with Crippen LogP contribution in [-0.4, -0.2) is 36.9 Å². The molecule has 0 radical (unpaired) electrons. The standard InChI is InChI=1S/C22H26FN3O3/c1-21(2,3)29-20(28)26-17(14-24)13-22(19(27)25-4)11-10-16(12-18(22)23)15-8-6-5-7-9-15/h5-12,17-18H,13H2,1-4H3,(H,25,27)(H,26,28). The summed E-state index contributed by atoms with van der Waals surface area (Å²) < 4.78 is 20.5. The largest absolute Gasteiger partial charge is 0.444 e. The molecule has 1 aromatic rings. The Hall–Kier alpha value is -3.14. The number of halogens is 1. The van der Waals surface area contributed by atoms with Crippen LogP contribution >= 0.6 is 0 Å². The molecular weight excluding hydrogens is 373 g/mol. The first kappa shape index (κ1) is 22.2. The van der Waals surface area contributed by atoms with Crippen molar-refractivity contribution in [3.8, 4) is 6.07 Å². The number of nitriles is 1. The van der Waals surface area contributed by atoms with Crippen LogP contribution in [0.2, 0.25) is 0 Å². The van der Waals surface area contributed by atoms with Crippen molar-refractivity contribution in [2.75, 3.05) is 7.05 Å². The molecule has 29 heavy (non-hydrogen) atoms. The molecular formula is C22H26FN3O3. The molecule has 1 aliphatic rings. The second kappa shape index (κ2) is 8.91. The van der Waals surface area contributed by atoms with Crippen molar-refractivity contribution >= 4 is 17.6 Å². The Balaban J connectivity index is 2.26. The van der Waals surface area contributed by atoms with E-state index in [1.165, 1.54) is 19.2 Å². The van der Waals surface area contributed by atoms with Gasteiger partial charge in [-0.05, 0) is 38.0 Å². The Labute approximate surface area is 170 Å². The second-order valence-corrected chi connectivity index (χ2v) is 7.87. The highest BCUT2D eigenvalue weighted by Gasteiger charge is 2.46. The number of nitrogens with one attached hydrogen (secondary N) is 2. The normalized spacial score (nSPS) is 22.1. The van der Waals surface area contributed by atoms with Crippen molar-refractivity contribution in [2.45, 2.75) is 45.0 Å². The van der Waals surface area contributed by atoms with Gasteiger partial charge in [0.05, 0.1) is 6.07 Å². The third-order valence-corrected chi connectivity index (χ3v) is 4.52. The summed E-state index contributed by atoms with van der Waals surface area (Å²) in [7, 11) is 1.41. The van der Waals surface area contributed by atoms with Crippen molar-refractivity contribution in [1.29, 1.82) is 5.26 Å². The van der Waals surface area contributed by atoms with Gasteiger partial charge in [-0.2, -0.15) is 5.26 Å². The molecule has 2 rings (SSSR count). The van der Waals surface area contributed by atoms with E-state index in [2.05, 4.69) is 10.6 Å². The first-order chi connectivity index (χ1) is 13.6. The molecule has 0 aliphatic heterocycles. The second-order valence-electron chi connectivity index (χ2n) is 7.87. The minimum Gasteiger partial charge on any atom is -0.444 e. The highest BCUT2D eigenvalue weighted by molar-refractivity contribution is 5.89. The highest BCUT2D eigenvalue weighted by atomic mass is 19.1. The number of alkyl carbamates (subject to hydrolysis) is 1. The van der Waals surface area contributed by atoms with Crippen LogP contribution in [0.5, 0.6) is 0 Å². The fraction of sp³-hybridized carbons (Fsp3) is 0.409. The van der Waals surface area contributed by atoms with Crippen LogP contribution in [0.1, 0.15) is 32.8 Å². The first-order valence-electron chi connectivity index (χ1n) is 9.33. The fourth-order valence-electron chi connectivity index (χ4n) is 3.14. The lowest BCUT2D eigenvalue weighted by atomic mass is 9.72. The molecule has 3 atom stereocenters. The summed E-state index contributed by atoms with van der Waals surface area (Å²) in [6.45, 7) is 5.08. The van der Waals surface area contributed by atoms with E-state index in [-0.39, 0.29) is 6.42 Å². The van der Waals surface area contributed by atoms with Crippen molar-refractivity contribution < 1.29 is 18.7 Å². The average molecular weight is 399 g/mol. The molecule has 3 unspecified atom stereocenters. The molecule has 0 heterocycles. The summed E-state index contributed by atoms with van der Waals surface area (Å²) in [6.07, 6.45) is 1.79. The van der Waals surface area contributed by atoms with Gasteiger partial charge in [0.1, 0.15) is 23.2 Å². The molecule has 6 nitrogen and oxygen atoms in total. The molecule has 0 saturated carbocycles. The Morgan fingerprint density at radius 1 is 1.31 bits per heavy atom. The SMILES string of the molecule is CNC(=O)C1(CC(C#N)NC(=O)OC(C)(C)C)C=CC(c2ccccc2)=CC1F. The Kier molecular flexibility index (Phi) is 6.80. The monoisotopic (exact) mass is 399 g/mol. The van der Waals surface area contributed by atoms with E-state index in [4.69, 9.17) is 4.74 Å². The zero-order valence-electron chi connectivity index (χ0n) is 17.0. The third-order valence-electron chi connectivity index (χ3n) is 4.52. The van der Waals surface area contributed by atoms with Gasteiger partial charge in [-0.1, -0.05) is 42.5 Å². The molecule has 2 N–H and O–H groups in total. The zero-order valence-corrected chi connectivity index (χ0v) is 17.0. The Morgan fingerprint density at radius 2 is 1.97 bits per heavy atom. The number of ether oxygens (including phenoxy) is 1. The number of rotatable bonds is 5. The van der Waals surface area contributed by atoms with Gasteiger partial charge >= 0.3 is 6.09 Å². The lowest BCUT2D eigenvalue weighted by Crippen LogP contribution is -2.50. The predicted molar refractivity (Wildman–Crippen MR) is 108 cm³/mol. The molecule has 0 fully saturated rings. The minimum atomic E-state index is -1.68. The summed E-state index contributed by atoms with van der Waals surface area (Å²) in [5.74, 6) is -0.573. The summed E-state index contributed by atoms with van der Waals surface area (Å²) in [4.78, 5) is 24.6. The van der Waals surface area contributed by atoms with Gasteiger partial charge in [0.15, 0.2) is 0 Å². The van der Waals surface area contributed by atoms with Gasteiger partial charge in [-0.3, -0.25) is 4.79 Å². The number of carbonyl (C=O) groups excluding carboxylic acids is 2. The summed E-state index contributed by atoms with van der Waals surface area (Å²) in [5, 5.41) is 14.4. The number of benzene rings is 1. The van der Waals surface area contributed by atoms with E-state index in [1.54, 1.807) is 26.8 Å². The molecule has 154 valence electrons. The molecule has 0 aromatic heterocycles. The lowest BCUT2D eigenvalue weighted by molar-refractivity contribution is -0.130. The number of amides is 2. The maximum Gasteiger partial charge on any atom is 0.408 e. The highest BCUT2D eigenvalue weighted by Crippen LogP contribution is 2.39. The maximum absolute atomic E-state index is 15.3. The van der Waals surface area contributed by atoms with Crippen LogP contribution in [0.15, 0.2) is 48.6 Å². The topological polar surface area (TPSA) is 91.2 Å². The average Bonchev–Trinajstić information content (AvgIpc) is 2.67. The number of carbonyl (C=O) groups is 2. The van der Waals surface area contributed by atoms with Crippen LogP contribution in [0, 0.1) is 16.7 Å². The number of hydrogen-bond acceptors (Lipinski definition) is 4. The Morgan fingerprint density at radius 3 is 2.48 bits per heavy atom. The number of hydrogen-bond donors (Lipinski definition) is 2. The van der Waals surface area contributed by atoms with Gasteiger partial charge in [-0.15, -0.1) is 0 Å². The number of nitrogens with zero attached hydrogens (tertiary/aromatic N) is 1. The van der Waals surface area contributed by atoms with Gasteiger partial charge < -0.3 is 15.4 Å². The molecule has 1 aromatic carbocycles. The quantitative estimate of drug-likeness (QED) is 0.793. The van der Waals surface area contributed by atoms with Gasteiger partial charge in [0, 0.05) is 13.5 Å².